The third-order valence-electron chi connectivity index (χ3n) is 7.77. The number of aromatic nitrogens is 1. The predicted molar refractivity (Wildman–Crippen MR) is 176 cm³/mol. The fraction of sp³-hybridized carbons (Fsp3) is 0.139. The second kappa shape index (κ2) is 11.9. The summed E-state index contributed by atoms with van der Waals surface area (Å²) < 4.78 is 24.6. The van der Waals surface area contributed by atoms with Crippen molar-refractivity contribution < 1.29 is 23.7 Å². The van der Waals surface area contributed by atoms with Crippen LogP contribution in [0.15, 0.2) is 91.1 Å². The zero-order chi connectivity index (χ0) is 31.0. The number of carbonyl (C=O) groups is 1. The Kier molecular flexibility index (Phi) is 7.80. The van der Waals surface area contributed by atoms with Crippen LogP contribution in [0, 0.1) is 6.92 Å². The van der Waals surface area contributed by atoms with Crippen LogP contribution < -0.4 is 24.3 Å². The lowest BCUT2D eigenvalue weighted by Crippen LogP contribution is -2.14. The fourth-order valence-corrected chi connectivity index (χ4v) is 5.70. The van der Waals surface area contributed by atoms with E-state index in [0.717, 1.165) is 44.1 Å². The number of hydrogen-bond donors (Lipinski definition) is 1. The van der Waals surface area contributed by atoms with E-state index >= 15 is 0 Å². The van der Waals surface area contributed by atoms with Gasteiger partial charge in [-0.25, -0.2) is 0 Å². The summed E-state index contributed by atoms with van der Waals surface area (Å²) in [4.78, 5) is 13.8. The highest BCUT2D eigenvalue weighted by Crippen LogP contribution is 2.48. The van der Waals surface area contributed by atoms with E-state index in [1.807, 2.05) is 102 Å². The molecule has 0 saturated heterocycles. The molecule has 0 spiro atoms. The van der Waals surface area contributed by atoms with Crippen LogP contribution in [0.5, 0.6) is 23.0 Å². The number of halogens is 1. The number of hydrogen-bond acceptors (Lipinski definition) is 5. The number of benzene rings is 4. The molecule has 0 atom stereocenters. The van der Waals surface area contributed by atoms with E-state index in [0.29, 0.717) is 39.4 Å². The number of nitrogens with zero attached hydrogens (tertiary/aromatic N) is 1. The summed E-state index contributed by atoms with van der Waals surface area (Å²) in [5.74, 6) is 2.77. The van der Waals surface area contributed by atoms with Crippen molar-refractivity contribution in [1.82, 2.24) is 4.40 Å². The maximum absolute atomic E-state index is 13.8. The molecule has 0 aliphatic heterocycles. The summed E-state index contributed by atoms with van der Waals surface area (Å²) in [6.45, 7) is 1.99. The lowest BCUT2D eigenvalue weighted by atomic mass is 9.95. The number of amides is 1. The highest BCUT2D eigenvalue weighted by molar-refractivity contribution is 6.30. The largest absolute Gasteiger partial charge is 0.493 e. The average Bonchev–Trinajstić information content (AvgIpc) is 3.38. The molecular formula is C36H31ClN2O5. The van der Waals surface area contributed by atoms with Gasteiger partial charge in [0, 0.05) is 33.3 Å². The number of carbonyl (C=O) groups excluding carboxylic acids is 1. The zero-order valence-corrected chi connectivity index (χ0v) is 25.8. The molecule has 7 nitrogen and oxygen atoms in total. The van der Waals surface area contributed by atoms with Crippen molar-refractivity contribution >= 4 is 39.6 Å². The quantitative estimate of drug-likeness (QED) is 0.188. The third-order valence-corrected chi connectivity index (χ3v) is 8.02. The third kappa shape index (κ3) is 5.05. The van der Waals surface area contributed by atoms with E-state index in [1.54, 1.807) is 28.4 Å². The van der Waals surface area contributed by atoms with E-state index < -0.39 is 0 Å². The second-order valence-electron chi connectivity index (χ2n) is 10.3. The van der Waals surface area contributed by atoms with Gasteiger partial charge in [0.1, 0.15) is 5.82 Å². The minimum absolute atomic E-state index is 0.231. The molecule has 2 heterocycles. The van der Waals surface area contributed by atoms with Crippen molar-refractivity contribution in [3.63, 3.8) is 0 Å². The van der Waals surface area contributed by atoms with Gasteiger partial charge >= 0.3 is 0 Å². The van der Waals surface area contributed by atoms with Crippen LogP contribution in [0.3, 0.4) is 0 Å². The Morgan fingerprint density at radius 2 is 1.30 bits per heavy atom. The first kappa shape index (κ1) is 29.0. The van der Waals surface area contributed by atoms with Gasteiger partial charge in [-0.3, -0.25) is 4.79 Å². The highest BCUT2D eigenvalue weighted by Gasteiger charge is 2.26. The Morgan fingerprint density at radius 1 is 0.682 bits per heavy atom. The minimum atomic E-state index is -0.231. The Bertz CT molecular complexity index is 2010. The molecule has 0 aliphatic rings. The molecule has 1 amide bonds. The van der Waals surface area contributed by atoms with Crippen LogP contribution in [-0.2, 0) is 0 Å². The minimum Gasteiger partial charge on any atom is -0.493 e. The summed E-state index contributed by atoms with van der Waals surface area (Å²) in [5, 5.41) is 5.69. The van der Waals surface area contributed by atoms with Crippen LogP contribution in [-0.4, -0.2) is 38.7 Å². The summed E-state index contributed by atoms with van der Waals surface area (Å²) in [5.41, 5.74) is 5.91. The van der Waals surface area contributed by atoms with Crippen LogP contribution in [0.1, 0.15) is 15.9 Å². The van der Waals surface area contributed by atoms with Crippen molar-refractivity contribution in [2.45, 2.75) is 6.92 Å². The smallest absolute Gasteiger partial charge is 0.256 e. The van der Waals surface area contributed by atoms with Crippen molar-refractivity contribution in [2.75, 3.05) is 33.8 Å². The molecule has 0 aliphatic carbocycles. The number of anilines is 1. The SMILES string of the molecule is COc1ccc(-c2c(-c3ccc(Cl)cc3)c(NC(=O)c3ccc(C)cc3)n3ccc4cc(OC)c(OC)cc4c23)cc1OC. The molecule has 8 heteroatoms. The van der Waals surface area contributed by atoms with Crippen LogP contribution in [0.4, 0.5) is 5.82 Å². The number of ether oxygens (including phenoxy) is 4. The summed E-state index contributed by atoms with van der Waals surface area (Å²) in [7, 11) is 6.45. The zero-order valence-electron chi connectivity index (χ0n) is 25.0. The van der Waals surface area contributed by atoms with Crippen LogP contribution in [0.2, 0.25) is 5.02 Å². The summed E-state index contributed by atoms with van der Waals surface area (Å²) >= 11 is 6.33. The maximum Gasteiger partial charge on any atom is 0.256 e. The van der Waals surface area contributed by atoms with Crippen LogP contribution >= 0.6 is 11.6 Å². The van der Waals surface area contributed by atoms with Crippen molar-refractivity contribution in [2.24, 2.45) is 0 Å². The normalized spacial score (nSPS) is 11.0. The molecule has 6 rings (SSSR count). The Balaban J connectivity index is 1.75. The molecule has 0 bridgehead atoms. The molecule has 222 valence electrons. The molecule has 6 aromatic rings. The molecule has 0 saturated carbocycles. The molecule has 0 radical (unpaired) electrons. The van der Waals surface area contributed by atoms with E-state index in [1.165, 1.54) is 0 Å². The second-order valence-corrected chi connectivity index (χ2v) is 10.8. The van der Waals surface area contributed by atoms with E-state index in [-0.39, 0.29) is 5.91 Å². The van der Waals surface area contributed by atoms with Gasteiger partial charge < -0.3 is 28.7 Å². The Hall–Kier alpha value is -5.14. The van der Waals surface area contributed by atoms with Gasteiger partial charge in [-0.2, -0.15) is 0 Å². The predicted octanol–water partition coefficient (Wildman–Crippen LogP) is 8.68. The summed E-state index contributed by atoms with van der Waals surface area (Å²) in [6.07, 6.45) is 1.96. The first-order valence-electron chi connectivity index (χ1n) is 14.0. The number of rotatable bonds is 8. The molecule has 0 fully saturated rings. The lowest BCUT2D eigenvalue weighted by Gasteiger charge is -2.13. The van der Waals surface area contributed by atoms with Gasteiger partial charge in [-0.1, -0.05) is 47.5 Å². The highest BCUT2D eigenvalue weighted by atomic mass is 35.5. The number of methoxy groups -OCH3 is 4. The van der Waals surface area contributed by atoms with Crippen molar-refractivity contribution in [3.05, 3.63) is 107 Å². The van der Waals surface area contributed by atoms with E-state index in [9.17, 15) is 4.79 Å². The summed E-state index contributed by atoms with van der Waals surface area (Å²) in [6, 6.07) is 26.8. The monoisotopic (exact) mass is 606 g/mol. The van der Waals surface area contributed by atoms with Gasteiger partial charge in [0.25, 0.3) is 5.91 Å². The van der Waals surface area contributed by atoms with Crippen molar-refractivity contribution in [1.29, 1.82) is 0 Å². The van der Waals surface area contributed by atoms with E-state index in [4.69, 9.17) is 30.5 Å². The number of pyridine rings is 1. The fourth-order valence-electron chi connectivity index (χ4n) is 5.57. The number of fused-ring (bicyclic) bond motifs is 3. The molecule has 4 aromatic carbocycles. The lowest BCUT2D eigenvalue weighted by molar-refractivity contribution is 0.102. The van der Waals surface area contributed by atoms with E-state index in [2.05, 4.69) is 5.32 Å². The molecule has 0 unspecified atom stereocenters. The average molecular weight is 607 g/mol. The topological polar surface area (TPSA) is 70.4 Å². The molecular weight excluding hydrogens is 576 g/mol. The number of aryl methyl sites for hydroxylation is 1. The molecule has 44 heavy (non-hydrogen) atoms. The van der Waals surface area contributed by atoms with Gasteiger partial charge in [0.05, 0.1) is 34.0 Å². The van der Waals surface area contributed by atoms with Gasteiger partial charge in [-0.15, -0.1) is 0 Å². The molecule has 2 aromatic heterocycles. The maximum atomic E-state index is 13.8. The number of nitrogens with one attached hydrogen (secondary N) is 1. The van der Waals surface area contributed by atoms with Gasteiger partial charge in [0.15, 0.2) is 23.0 Å². The van der Waals surface area contributed by atoms with Gasteiger partial charge in [0.2, 0.25) is 0 Å². The molecule has 1 N–H and O–H groups in total. The first-order valence-corrected chi connectivity index (χ1v) is 14.3. The Morgan fingerprint density at radius 3 is 1.95 bits per heavy atom. The Labute approximate surface area is 260 Å². The first-order chi connectivity index (χ1) is 21.4. The standard InChI is InChI=1S/C36H31ClN2O5/c1-21-6-8-23(9-7-21)36(40)38-35-33(22-10-13-26(37)14-11-22)32(25-12-15-28(41-2)29(19-25)42-3)34-27-20-31(44-5)30(43-4)18-24(27)16-17-39(34)35/h6-20H,1-5H3,(H,38,40). The van der Waals surface area contributed by atoms with Crippen molar-refractivity contribution in [3.8, 4) is 45.3 Å². The van der Waals surface area contributed by atoms with Crippen LogP contribution in [0.25, 0.3) is 38.5 Å². The van der Waals surface area contributed by atoms with Gasteiger partial charge in [-0.05, 0) is 78.0 Å².